The lowest BCUT2D eigenvalue weighted by Gasteiger charge is -2.28. The number of methoxy groups -OCH3 is 1. The Balaban J connectivity index is 1.47. The molecule has 0 radical (unpaired) electrons. The number of anilines is 1. The minimum absolute atomic E-state index is 0.0255. The van der Waals surface area contributed by atoms with Gasteiger partial charge in [-0.05, 0) is 64.9 Å². The minimum atomic E-state index is -0.111. The maximum atomic E-state index is 13.8. The van der Waals surface area contributed by atoms with Crippen molar-refractivity contribution >= 4 is 46.0 Å². The average Bonchev–Trinajstić information content (AvgIpc) is 3.69. The van der Waals surface area contributed by atoms with Gasteiger partial charge >= 0.3 is 0 Å². The number of rotatable bonds is 9. The van der Waals surface area contributed by atoms with Crippen LogP contribution in [0.3, 0.4) is 0 Å². The molecule has 0 bridgehead atoms. The van der Waals surface area contributed by atoms with E-state index in [1.165, 1.54) is 23.1 Å². The summed E-state index contributed by atoms with van der Waals surface area (Å²) in [5.41, 5.74) is 1.48. The average molecular weight is 572 g/mol. The van der Waals surface area contributed by atoms with Crippen LogP contribution >= 0.6 is 23.1 Å². The van der Waals surface area contributed by atoms with E-state index in [0.29, 0.717) is 49.0 Å². The number of hydrogen-bond acceptors (Lipinski definition) is 8. The summed E-state index contributed by atoms with van der Waals surface area (Å²) in [4.78, 5) is 49.6. The minimum Gasteiger partial charge on any atom is -0.496 e. The third-order valence-corrected chi connectivity index (χ3v) is 8.92. The summed E-state index contributed by atoms with van der Waals surface area (Å²) in [5, 5.41) is 3.48. The summed E-state index contributed by atoms with van der Waals surface area (Å²) in [6.07, 6.45) is 7.83. The fourth-order valence-electron chi connectivity index (χ4n) is 4.44. The highest BCUT2D eigenvalue weighted by molar-refractivity contribution is 8.01. The number of benzene rings is 1. The Bertz CT molecular complexity index is 1240. The lowest BCUT2D eigenvalue weighted by Crippen LogP contribution is -2.43. The summed E-state index contributed by atoms with van der Waals surface area (Å²) in [6.45, 7) is 6.28. The van der Waals surface area contributed by atoms with Crippen LogP contribution in [0.2, 0.25) is 0 Å². The van der Waals surface area contributed by atoms with Crippen molar-refractivity contribution in [2.75, 3.05) is 52.7 Å². The second-order valence-electron chi connectivity index (χ2n) is 10.3. The summed E-state index contributed by atoms with van der Waals surface area (Å²) >= 11 is 2.94. The molecule has 2 heterocycles. The summed E-state index contributed by atoms with van der Waals surface area (Å²) < 4.78 is 6.53. The van der Waals surface area contributed by atoms with Gasteiger partial charge in [-0.15, -0.1) is 0 Å². The van der Waals surface area contributed by atoms with E-state index in [4.69, 9.17) is 4.74 Å². The number of amides is 3. The predicted molar refractivity (Wildman–Crippen MR) is 155 cm³/mol. The number of carbonyl (C=O) groups excluding carboxylic acids is 3. The van der Waals surface area contributed by atoms with Crippen molar-refractivity contribution in [2.45, 2.75) is 48.3 Å². The summed E-state index contributed by atoms with van der Waals surface area (Å²) in [7, 11) is 5.49. The van der Waals surface area contributed by atoms with Gasteiger partial charge < -0.3 is 24.8 Å². The maximum absolute atomic E-state index is 13.8. The van der Waals surface area contributed by atoms with Crippen molar-refractivity contribution < 1.29 is 19.1 Å². The normalized spacial score (nSPS) is 17.9. The van der Waals surface area contributed by atoms with E-state index in [2.05, 4.69) is 10.3 Å². The first-order chi connectivity index (χ1) is 18.7. The number of carbonyl (C=O) groups is 3. The number of nitrogens with one attached hydrogen (secondary N) is 1. The molecule has 39 heavy (non-hydrogen) atoms. The molecule has 3 amide bonds. The number of aryl methyl sites for hydroxylation is 1. The van der Waals surface area contributed by atoms with Crippen molar-refractivity contribution in [2.24, 2.45) is 5.92 Å². The SMILES string of the molecule is COc1cc(C)c(Sc2cnc(NC(=O)C3CC3)s2)cc1C(=O)N1CCCN(C(=O)/C=C/CN(C)C)[C@H](C)C1. The standard InChI is InChI=1S/C28H37N5O4S2/c1-18-14-22(37-5)21(15-23(18)38-25-16-29-28(39-25)30-26(35)20-9-10-20)27(36)32-12-7-13-33(19(2)17-32)24(34)8-6-11-31(3)4/h6,8,14-16,19-20H,7,9-13,17H2,1-5H3,(H,29,30,35)/b8-6+/t19-/m1/s1. The molecule has 11 heteroatoms. The number of likely N-dealkylation sites (N-methyl/N-ethyl adjacent to an activating group) is 1. The molecule has 1 N–H and O–H groups in total. The molecular weight excluding hydrogens is 534 g/mol. The van der Waals surface area contributed by atoms with Crippen molar-refractivity contribution in [3.05, 3.63) is 41.6 Å². The zero-order valence-electron chi connectivity index (χ0n) is 23.2. The third-order valence-electron chi connectivity index (χ3n) is 6.75. The number of ether oxygens (including phenoxy) is 1. The zero-order valence-corrected chi connectivity index (χ0v) is 24.9. The van der Waals surface area contributed by atoms with E-state index < -0.39 is 0 Å². The number of thiazole rings is 1. The highest BCUT2D eigenvalue weighted by Gasteiger charge is 2.31. The van der Waals surface area contributed by atoms with Gasteiger partial charge in [0.2, 0.25) is 11.8 Å². The van der Waals surface area contributed by atoms with Crippen LogP contribution in [0.25, 0.3) is 0 Å². The van der Waals surface area contributed by atoms with Crippen LogP contribution in [0.5, 0.6) is 5.75 Å². The molecule has 0 unspecified atom stereocenters. The molecule has 1 saturated heterocycles. The molecule has 0 spiro atoms. The first-order valence-electron chi connectivity index (χ1n) is 13.2. The number of nitrogens with zero attached hydrogens (tertiary/aromatic N) is 4. The molecule has 2 fully saturated rings. The van der Waals surface area contributed by atoms with E-state index in [1.54, 1.807) is 19.4 Å². The fraction of sp³-hybridized carbons (Fsp3) is 0.500. The molecule has 1 atom stereocenters. The number of aromatic nitrogens is 1. The Labute approximate surface area is 238 Å². The first kappa shape index (κ1) is 29.1. The van der Waals surface area contributed by atoms with Crippen LogP contribution in [0.4, 0.5) is 5.13 Å². The van der Waals surface area contributed by atoms with Gasteiger partial charge in [-0.3, -0.25) is 14.4 Å². The monoisotopic (exact) mass is 571 g/mol. The van der Waals surface area contributed by atoms with Crippen molar-refractivity contribution in [1.82, 2.24) is 19.7 Å². The molecule has 1 aliphatic carbocycles. The predicted octanol–water partition coefficient (Wildman–Crippen LogP) is 4.14. The molecule has 1 aromatic heterocycles. The molecule has 4 rings (SSSR count). The molecular formula is C28H37N5O4S2. The van der Waals surface area contributed by atoms with Gasteiger partial charge in [0.1, 0.15) is 5.75 Å². The quantitative estimate of drug-likeness (QED) is 0.452. The molecule has 9 nitrogen and oxygen atoms in total. The first-order valence-corrected chi connectivity index (χ1v) is 14.8. The second kappa shape index (κ2) is 13.0. The van der Waals surface area contributed by atoms with E-state index in [0.717, 1.165) is 27.5 Å². The fourth-order valence-corrected chi connectivity index (χ4v) is 6.38. The van der Waals surface area contributed by atoms with Gasteiger partial charge in [0.05, 0.1) is 23.1 Å². The van der Waals surface area contributed by atoms with Gasteiger partial charge in [-0.1, -0.05) is 29.2 Å². The molecule has 1 saturated carbocycles. The highest BCUT2D eigenvalue weighted by Crippen LogP contribution is 2.39. The Morgan fingerprint density at radius 3 is 2.72 bits per heavy atom. The summed E-state index contributed by atoms with van der Waals surface area (Å²) in [5.74, 6) is 0.543. The van der Waals surface area contributed by atoms with Gasteiger partial charge in [0.15, 0.2) is 5.13 Å². The molecule has 1 aliphatic heterocycles. The van der Waals surface area contributed by atoms with Gasteiger partial charge in [0, 0.05) is 49.1 Å². The topological polar surface area (TPSA) is 95.1 Å². The highest BCUT2D eigenvalue weighted by atomic mass is 32.2. The van der Waals surface area contributed by atoms with Crippen LogP contribution < -0.4 is 10.1 Å². The van der Waals surface area contributed by atoms with E-state index >= 15 is 0 Å². The van der Waals surface area contributed by atoms with Crippen LogP contribution in [-0.4, -0.2) is 90.8 Å². The zero-order chi connectivity index (χ0) is 28.1. The summed E-state index contributed by atoms with van der Waals surface area (Å²) in [6, 6.07) is 3.66. The van der Waals surface area contributed by atoms with E-state index in [1.807, 2.05) is 60.9 Å². The molecule has 1 aromatic carbocycles. The number of hydrogen-bond donors (Lipinski definition) is 1. The smallest absolute Gasteiger partial charge is 0.257 e. The van der Waals surface area contributed by atoms with Crippen LogP contribution in [-0.2, 0) is 9.59 Å². The largest absolute Gasteiger partial charge is 0.496 e. The van der Waals surface area contributed by atoms with Crippen molar-refractivity contribution in [3.8, 4) is 5.75 Å². The van der Waals surface area contributed by atoms with Crippen LogP contribution in [0, 0.1) is 12.8 Å². The van der Waals surface area contributed by atoms with Gasteiger partial charge in [0.25, 0.3) is 5.91 Å². The Hall–Kier alpha value is -2.89. The Morgan fingerprint density at radius 1 is 1.26 bits per heavy atom. The maximum Gasteiger partial charge on any atom is 0.257 e. The molecule has 2 aliphatic rings. The van der Waals surface area contributed by atoms with Crippen LogP contribution in [0.15, 0.2) is 39.6 Å². The molecule has 210 valence electrons. The third kappa shape index (κ3) is 7.61. The second-order valence-corrected chi connectivity index (χ2v) is 12.7. The van der Waals surface area contributed by atoms with Crippen molar-refractivity contribution in [1.29, 1.82) is 0 Å². The Morgan fingerprint density at radius 2 is 2.03 bits per heavy atom. The van der Waals surface area contributed by atoms with Gasteiger partial charge in [-0.2, -0.15) is 0 Å². The van der Waals surface area contributed by atoms with Gasteiger partial charge in [-0.25, -0.2) is 4.98 Å². The van der Waals surface area contributed by atoms with E-state index in [-0.39, 0.29) is 29.7 Å². The lowest BCUT2D eigenvalue weighted by molar-refractivity contribution is -0.127. The Kier molecular flexibility index (Phi) is 9.68. The lowest BCUT2D eigenvalue weighted by atomic mass is 10.1. The molecule has 2 aromatic rings. The van der Waals surface area contributed by atoms with E-state index in [9.17, 15) is 14.4 Å². The van der Waals surface area contributed by atoms with Crippen LogP contribution in [0.1, 0.15) is 42.1 Å². The van der Waals surface area contributed by atoms with Crippen molar-refractivity contribution in [3.63, 3.8) is 0 Å².